The van der Waals surface area contributed by atoms with Crippen LogP contribution in [0.2, 0.25) is 0 Å². The highest BCUT2D eigenvalue weighted by Gasteiger charge is 2.28. The molecule has 0 saturated carbocycles. The number of hydrogen-bond donors (Lipinski definition) is 2. The Morgan fingerprint density at radius 2 is 2.04 bits per heavy atom. The molecule has 3 rings (SSSR count). The molecule has 26 heavy (non-hydrogen) atoms. The van der Waals surface area contributed by atoms with Crippen molar-refractivity contribution in [3.05, 3.63) is 45.8 Å². The molecule has 1 amide bonds. The highest BCUT2D eigenvalue weighted by Crippen LogP contribution is 2.40. The van der Waals surface area contributed by atoms with Gasteiger partial charge in [0.2, 0.25) is 0 Å². The van der Waals surface area contributed by atoms with E-state index in [9.17, 15) is 18.0 Å². The molecule has 1 heterocycles. The van der Waals surface area contributed by atoms with Crippen molar-refractivity contribution < 1.29 is 18.0 Å². The van der Waals surface area contributed by atoms with Crippen molar-refractivity contribution in [3.63, 3.8) is 0 Å². The summed E-state index contributed by atoms with van der Waals surface area (Å²) in [4.78, 5) is 24.4. The number of nitrogens with one attached hydrogen (secondary N) is 1. The van der Waals surface area contributed by atoms with Gasteiger partial charge >= 0.3 is 0 Å². The van der Waals surface area contributed by atoms with Gasteiger partial charge in [-0.1, -0.05) is 19.1 Å². The number of fused-ring (bicyclic) bond motifs is 1. The minimum atomic E-state index is -3.94. The van der Waals surface area contributed by atoms with E-state index in [1.807, 2.05) is 0 Å². The number of amides is 1. The zero-order chi connectivity index (χ0) is 19.1. The van der Waals surface area contributed by atoms with Gasteiger partial charge in [-0.15, -0.1) is 11.3 Å². The van der Waals surface area contributed by atoms with E-state index in [4.69, 9.17) is 5.73 Å². The number of Topliss-reactive ketones (excluding diaryl/α,β-unsaturated/α-hetero) is 1. The summed E-state index contributed by atoms with van der Waals surface area (Å²) in [7, 11) is -3.94. The van der Waals surface area contributed by atoms with E-state index in [0.29, 0.717) is 17.9 Å². The lowest BCUT2D eigenvalue weighted by Crippen LogP contribution is -2.19. The molecule has 3 N–H and O–H groups in total. The molecule has 0 unspecified atom stereocenters. The lowest BCUT2D eigenvalue weighted by Gasteiger charge is -2.18. The Kier molecular flexibility index (Phi) is 4.90. The van der Waals surface area contributed by atoms with Crippen molar-refractivity contribution in [3.8, 4) is 0 Å². The van der Waals surface area contributed by atoms with Crippen LogP contribution < -0.4 is 10.5 Å². The highest BCUT2D eigenvalue weighted by molar-refractivity contribution is 7.93. The van der Waals surface area contributed by atoms with Crippen LogP contribution in [0.1, 0.15) is 51.4 Å². The van der Waals surface area contributed by atoms with E-state index in [1.54, 1.807) is 6.07 Å². The van der Waals surface area contributed by atoms with Crippen LogP contribution in [0, 0.1) is 5.92 Å². The van der Waals surface area contributed by atoms with Crippen LogP contribution in [0.15, 0.2) is 29.2 Å². The fourth-order valence-corrected chi connectivity index (χ4v) is 5.91. The van der Waals surface area contributed by atoms with Gasteiger partial charge < -0.3 is 5.73 Å². The first kappa shape index (κ1) is 18.6. The monoisotopic (exact) mass is 392 g/mol. The maximum atomic E-state index is 12.8. The number of benzene rings is 1. The van der Waals surface area contributed by atoms with Gasteiger partial charge in [-0.3, -0.25) is 14.3 Å². The summed E-state index contributed by atoms with van der Waals surface area (Å²) in [5, 5.41) is 0.254. The average molecular weight is 393 g/mol. The zero-order valence-electron chi connectivity index (χ0n) is 14.5. The van der Waals surface area contributed by atoms with Crippen LogP contribution in [0.5, 0.6) is 0 Å². The zero-order valence-corrected chi connectivity index (χ0v) is 16.2. The van der Waals surface area contributed by atoms with Gasteiger partial charge in [-0.05, 0) is 49.8 Å². The van der Waals surface area contributed by atoms with Crippen molar-refractivity contribution in [2.24, 2.45) is 11.7 Å². The number of thiophene rings is 1. The second-order valence-corrected chi connectivity index (χ2v) is 9.40. The number of sulfonamides is 1. The smallest absolute Gasteiger partial charge is 0.262 e. The van der Waals surface area contributed by atoms with Crippen molar-refractivity contribution in [2.75, 3.05) is 4.72 Å². The van der Waals surface area contributed by atoms with Gasteiger partial charge in [0, 0.05) is 10.4 Å². The molecule has 0 saturated heterocycles. The van der Waals surface area contributed by atoms with E-state index < -0.39 is 15.9 Å². The predicted octanol–water partition coefficient (Wildman–Crippen LogP) is 2.98. The number of anilines is 1. The van der Waals surface area contributed by atoms with Crippen molar-refractivity contribution in [1.29, 1.82) is 0 Å². The van der Waals surface area contributed by atoms with Crippen LogP contribution in [0.4, 0.5) is 5.00 Å². The summed E-state index contributed by atoms with van der Waals surface area (Å²) in [5.74, 6) is -0.369. The molecule has 0 aliphatic heterocycles. The number of nitrogens with two attached hydrogens (primary N) is 1. The minimum absolute atomic E-state index is 0.0274. The van der Waals surface area contributed by atoms with Gasteiger partial charge in [0.15, 0.2) is 5.78 Å². The molecular weight excluding hydrogens is 372 g/mol. The molecule has 1 aliphatic rings. The average Bonchev–Trinajstić information content (AvgIpc) is 2.91. The van der Waals surface area contributed by atoms with Crippen LogP contribution in [0.3, 0.4) is 0 Å². The number of carbonyl (C=O) groups is 2. The van der Waals surface area contributed by atoms with E-state index in [1.165, 1.54) is 36.5 Å². The number of rotatable bonds is 5. The lowest BCUT2D eigenvalue weighted by atomic mass is 9.88. The Morgan fingerprint density at radius 3 is 2.69 bits per heavy atom. The van der Waals surface area contributed by atoms with Crippen molar-refractivity contribution in [2.45, 2.75) is 38.0 Å². The third-order valence-corrected chi connectivity index (χ3v) is 7.18. The lowest BCUT2D eigenvalue weighted by molar-refractivity contribution is 0.0996. The first-order chi connectivity index (χ1) is 12.2. The number of hydrogen-bond acceptors (Lipinski definition) is 5. The van der Waals surface area contributed by atoms with Gasteiger partial charge in [-0.2, -0.15) is 0 Å². The number of carbonyl (C=O) groups excluding carboxylic acids is 2. The molecule has 0 bridgehead atoms. The first-order valence-electron chi connectivity index (χ1n) is 8.27. The highest BCUT2D eigenvalue weighted by atomic mass is 32.2. The Hall–Kier alpha value is -2.19. The van der Waals surface area contributed by atoms with E-state index in [-0.39, 0.29) is 21.2 Å². The Bertz CT molecular complexity index is 993. The fraction of sp³-hybridized carbons (Fsp3) is 0.333. The number of primary amides is 1. The van der Waals surface area contributed by atoms with Gasteiger partial charge in [-0.25, -0.2) is 8.42 Å². The molecule has 0 fully saturated rings. The second-order valence-electron chi connectivity index (χ2n) is 6.61. The summed E-state index contributed by atoms with van der Waals surface area (Å²) in [6.07, 6.45) is 2.46. The molecule has 6 nitrogen and oxygen atoms in total. The third kappa shape index (κ3) is 3.52. The number of ketones is 1. The molecule has 138 valence electrons. The molecule has 0 spiro atoms. The Labute approximate surface area is 156 Å². The van der Waals surface area contributed by atoms with E-state index in [2.05, 4.69) is 11.6 Å². The van der Waals surface area contributed by atoms with Crippen molar-refractivity contribution in [1.82, 2.24) is 0 Å². The molecule has 1 aromatic heterocycles. The topological polar surface area (TPSA) is 106 Å². The van der Waals surface area contributed by atoms with Gasteiger partial charge in [0.25, 0.3) is 15.9 Å². The Balaban J connectivity index is 2.01. The van der Waals surface area contributed by atoms with Crippen LogP contribution >= 0.6 is 11.3 Å². The van der Waals surface area contributed by atoms with Crippen LogP contribution in [0.25, 0.3) is 0 Å². The van der Waals surface area contributed by atoms with Gasteiger partial charge in [0.05, 0.1) is 10.5 Å². The molecule has 0 radical (unpaired) electrons. The van der Waals surface area contributed by atoms with Gasteiger partial charge in [0.1, 0.15) is 5.00 Å². The molecule has 1 aromatic carbocycles. The summed E-state index contributed by atoms with van der Waals surface area (Å²) in [6.45, 7) is 3.50. The van der Waals surface area contributed by atoms with Crippen LogP contribution in [-0.4, -0.2) is 20.1 Å². The summed E-state index contributed by atoms with van der Waals surface area (Å²) in [6, 6.07) is 5.81. The normalized spacial score (nSPS) is 16.8. The molecule has 1 atom stereocenters. The van der Waals surface area contributed by atoms with E-state index >= 15 is 0 Å². The molecule has 8 heteroatoms. The molecular formula is C18H20N2O4S2. The third-order valence-electron chi connectivity index (χ3n) is 4.54. The first-order valence-corrected chi connectivity index (χ1v) is 10.6. The minimum Gasteiger partial charge on any atom is -0.365 e. The predicted molar refractivity (Wildman–Crippen MR) is 101 cm³/mol. The molecule has 2 aromatic rings. The largest absolute Gasteiger partial charge is 0.365 e. The maximum absolute atomic E-state index is 12.8. The summed E-state index contributed by atoms with van der Waals surface area (Å²) >= 11 is 1.27. The summed E-state index contributed by atoms with van der Waals surface area (Å²) in [5.41, 5.74) is 6.96. The van der Waals surface area contributed by atoms with E-state index in [0.717, 1.165) is 23.3 Å². The molecule has 1 aliphatic carbocycles. The fourth-order valence-electron chi connectivity index (χ4n) is 3.15. The quantitative estimate of drug-likeness (QED) is 0.763. The van der Waals surface area contributed by atoms with Crippen LogP contribution in [-0.2, 0) is 22.9 Å². The standard InChI is InChI=1S/C18H20N2O4S2/c1-10-6-7-14-15(8-10)25-18(16(14)17(19)22)20-26(23,24)13-5-3-4-12(9-13)11(2)21/h3-5,9-10,20H,6-8H2,1-2H3,(H2,19,22)/t10-/m0/s1. The summed E-state index contributed by atoms with van der Waals surface area (Å²) < 4.78 is 28.0. The Morgan fingerprint density at radius 1 is 1.31 bits per heavy atom. The second kappa shape index (κ2) is 6.85. The van der Waals surface area contributed by atoms with Crippen molar-refractivity contribution >= 4 is 38.1 Å². The SMILES string of the molecule is CC(=O)c1cccc(S(=O)(=O)Nc2sc3c(c2C(N)=O)CC[C@H](C)C3)c1. The maximum Gasteiger partial charge on any atom is 0.262 e.